The number of hydrogen-bond acceptors (Lipinski definition) is 0. The van der Waals surface area contributed by atoms with Crippen molar-refractivity contribution in [1.82, 2.24) is 0 Å². The van der Waals surface area contributed by atoms with Crippen LogP contribution < -0.4 is 47.6 Å². The van der Waals surface area contributed by atoms with Gasteiger partial charge in [0.15, 0.2) is 0 Å². The molecule has 0 saturated heterocycles. The van der Waals surface area contributed by atoms with Crippen LogP contribution in [0.25, 0.3) is 0 Å². The smallest absolute Gasteiger partial charge is 1.00 e. The molecule has 2 aromatic carbocycles. The van der Waals surface area contributed by atoms with Crippen LogP contribution in [-0.4, -0.2) is 8.07 Å². The molecule has 0 bridgehead atoms. The van der Waals surface area contributed by atoms with Crippen molar-refractivity contribution in [3.8, 4) is 0 Å². The zero-order valence-corrected chi connectivity index (χ0v) is 20.8. The van der Waals surface area contributed by atoms with Crippen LogP contribution in [0.15, 0.2) is 77.5 Å². The molecule has 0 saturated carbocycles. The standard InChI is InChI=1S/C22H25Si.3ClH.Ti/c1-4-18(2)21-16-11-17-22(21)23(3,19-12-7-5-8-13-19)20-14-9-6-10-15-20;;;;/h5-10,12-15,17-18H,4,11H2,1-3H3;3*1H;/q-1;;;;+4/p-3. The Morgan fingerprint density at radius 3 is 1.74 bits per heavy atom. The molecule has 1 atom stereocenters. The molecular weight excluding hydrogens is 447 g/mol. The summed E-state index contributed by atoms with van der Waals surface area (Å²) >= 11 is 0. The fourth-order valence-corrected chi connectivity index (χ4v) is 7.66. The second-order valence-electron chi connectivity index (χ2n) is 6.58. The van der Waals surface area contributed by atoms with Gasteiger partial charge in [0.25, 0.3) is 0 Å². The van der Waals surface area contributed by atoms with Crippen molar-refractivity contribution < 1.29 is 58.9 Å². The Morgan fingerprint density at radius 1 is 0.889 bits per heavy atom. The van der Waals surface area contributed by atoms with E-state index in [1.54, 1.807) is 5.20 Å². The summed E-state index contributed by atoms with van der Waals surface area (Å²) in [5.41, 5.74) is 1.47. The van der Waals surface area contributed by atoms with Crippen molar-refractivity contribution in [3.05, 3.63) is 83.6 Å². The number of rotatable bonds is 5. The van der Waals surface area contributed by atoms with Crippen molar-refractivity contribution in [2.24, 2.45) is 5.92 Å². The summed E-state index contributed by atoms with van der Waals surface area (Å²) in [5, 5.41) is 4.55. The second kappa shape index (κ2) is 13.0. The molecule has 1 aliphatic rings. The quantitative estimate of drug-likeness (QED) is 0.305. The number of halogens is 3. The average molecular weight is 472 g/mol. The molecule has 2 aromatic rings. The van der Waals surface area contributed by atoms with Gasteiger partial charge in [-0.3, -0.25) is 6.08 Å². The van der Waals surface area contributed by atoms with Crippen LogP contribution in [0.5, 0.6) is 0 Å². The van der Waals surface area contributed by atoms with E-state index in [1.165, 1.54) is 22.4 Å². The van der Waals surface area contributed by atoms with E-state index < -0.39 is 8.07 Å². The van der Waals surface area contributed by atoms with Gasteiger partial charge in [-0.05, 0) is 0 Å². The Hall–Kier alpha value is -0.279. The van der Waals surface area contributed by atoms with Crippen LogP contribution in [0.4, 0.5) is 0 Å². The molecule has 0 heterocycles. The molecule has 0 nitrogen and oxygen atoms in total. The van der Waals surface area contributed by atoms with Crippen molar-refractivity contribution in [2.75, 3.05) is 0 Å². The van der Waals surface area contributed by atoms with E-state index in [2.05, 4.69) is 93.2 Å². The van der Waals surface area contributed by atoms with Crippen LogP contribution in [-0.2, 0) is 21.7 Å². The summed E-state index contributed by atoms with van der Waals surface area (Å²) in [6.45, 7) is 7.12. The van der Waals surface area contributed by atoms with Crippen LogP contribution in [0.3, 0.4) is 0 Å². The maximum atomic E-state index is 3.66. The zero-order valence-electron chi connectivity index (χ0n) is 16.0. The third kappa shape index (κ3) is 5.85. The van der Waals surface area contributed by atoms with E-state index >= 15 is 0 Å². The topological polar surface area (TPSA) is 0 Å². The van der Waals surface area contributed by atoms with Gasteiger partial charge in [-0.15, -0.1) is 6.42 Å². The van der Waals surface area contributed by atoms with Gasteiger partial charge in [-0.25, -0.2) is 5.57 Å². The fraction of sp³-hybridized carbons (Fsp3) is 0.273. The van der Waals surface area contributed by atoms with Crippen LogP contribution in [0.1, 0.15) is 26.7 Å². The number of allylic oxidation sites excluding steroid dienone is 4. The van der Waals surface area contributed by atoms with Gasteiger partial charge in [-0.2, -0.15) is 11.3 Å². The van der Waals surface area contributed by atoms with Crippen LogP contribution in [0, 0.1) is 12.0 Å². The van der Waals surface area contributed by atoms with Crippen molar-refractivity contribution in [1.29, 1.82) is 0 Å². The Morgan fingerprint density at radius 2 is 1.33 bits per heavy atom. The SMILES string of the molecule is CCC(C)C1=[C-]CC=C1[Si](C)(c1ccccc1)c1ccccc1.[Cl-].[Cl-].[Cl-].[Ti+4]. The summed E-state index contributed by atoms with van der Waals surface area (Å²) < 4.78 is 0. The van der Waals surface area contributed by atoms with Crippen molar-refractivity contribution >= 4 is 18.4 Å². The minimum absolute atomic E-state index is 0. The molecule has 0 spiro atoms. The van der Waals surface area contributed by atoms with E-state index in [0.29, 0.717) is 5.92 Å². The molecular formula is C22H25Cl3SiTi. The second-order valence-corrected chi connectivity index (χ2v) is 10.5. The zero-order chi connectivity index (χ0) is 16.3. The van der Waals surface area contributed by atoms with E-state index in [0.717, 1.165) is 6.42 Å². The Kier molecular flexibility index (Phi) is 14.0. The first-order valence-electron chi connectivity index (χ1n) is 8.60. The third-order valence-electron chi connectivity index (χ3n) is 5.23. The summed E-state index contributed by atoms with van der Waals surface area (Å²) in [6.07, 6.45) is 8.24. The molecule has 0 N–H and O–H groups in total. The molecule has 0 aromatic heterocycles. The van der Waals surface area contributed by atoms with E-state index in [-0.39, 0.29) is 58.9 Å². The summed E-state index contributed by atoms with van der Waals surface area (Å²) in [7, 11) is -1.95. The first-order valence-corrected chi connectivity index (χ1v) is 11.1. The van der Waals surface area contributed by atoms with Gasteiger partial charge < -0.3 is 37.2 Å². The van der Waals surface area contributed by atoms with Gasteiger partial charge in [0.05, 0.1) is 8.07 Å². The van der Waals surface area contributed by atoms with Crippen molar-refractivity contribution in [2.45, 2.75) is 33.2 Å². The van der Waals surface area contributed by atoms with Gasteiger partial charge in [0, 0.05) is 0 Å². The molecule has 1 unspecified atom stereocenters. The molecule has 0 aliphatic heterocycles. The minimum atomic E-state index is -1.95. The molecule has 0 radical (unpaired) electrons. The Balaban J connectivity index is 0. The Labute approximate surface area is 199 Å². The molecule has 3 rings (SSSR count). The number of benzene rings is 2. The first kappa shape index (κ1) is 28.9. The summed E-state index contributed by atoms with van der Waals surface area (Å²) in [6, 6.07) is 22.2. The maximum absolute atomic E-state index is 3.66. The van der Waals surface area contributed by atoms with Gasteiger partial charge in [0.1, 0.15) is 0 Å². The monoisotopic (exact) mass is 470 g/mol. The van der Waals surface area contributed by atoms with Gasteiger partial charge in [-0.1, -0.05) is 104 Å². The largest absolute Gasteiger partial charge is 4.00 e. The number of hydrogen-bond donors (Lipinski definition) is 0. The first-order chi connectivity index (χ1) is 11.2. The van der Waals surface area contributed by atoms with Gasteiger partial charge >= 0.3 is 21.7 Å². The maximum Gasteiger partial charge on any atom is 4.00 e. The average Bonchev–Trinajstić information content (AvgIpc) is 3.12. The fourth-order valence-electron chi connectivity index (χ4n) is 3.61. The molecule has 0 fully saturated rings. The molecule has 1 aliphatic carbocycles. The van der Waals surface area contributed by atoms with Gasteiger partial charge in [0.2, 0.25) is 0 Å². The van der Waals surface area contributed by atoms with E-state index in [1.807, 2.05) is 0 Å². The third-order valence-corrected chi connectivity index (χ3v) is 9.76. The molecule has 5 heteroatoms. The van der Waals surface area contributed by atoms with Crippen LogP contribution in [0.2, 0.25) is 6.55 Å². The summed E-state index contributed by atoms with van der Waals surface area (Å²) in [5.74, 6) is 0.586. The van der Waals surface area contributed by atoms with E-state index in [9.17, 15) is 0 Å². The molecule has 27 heavy (non-hydrogen) atoms. The summed E-state index contributed by atoms with van der Waals surface area (Å²) in [4.78, 5) is 0. The normalized spacial score (nSPS) is 13.6. The van der Waals surface area contributed by atoms with Crippen LogP contribution >= 0.6 is 0 Å². The Bertz CT molecular complexity index is 690. The molecule has 142 valence electrons. The van der Waals surface area contributed by atoms with Crippen molar-refractivity contribution in [3.63, 3.8) is 0 Å². The predicted molar refractivity (Wildman–Crippen MR) is 103 cm³/mol. The molecule has 0 amide bonds. The predicted octanol–water partition coefficient (Wildman–Crippen LogP) is -4.47. The minimum Gasteiger partial charge on any atom is -1.00 e. The van der Waals surface area contributed by atoms with E-state index in [4.69, 9.17) is 0 Å².